The van der Waals surface area contributed by atoms with E-state index in [9.17, 15) is 18.0 Å². The molecule has 2 aromatic carbocycles. The molecule has 2 heterocycles. The monoisotopic (exact) mass is 487 g/mol. The van der Waals surface area contributed by atoms with Gasteiger partial charge in [-0.15, -0.1) is 0 Å². The van der Waals surface area contributed by atoms with Crippen molar-refractivity contribution in [3.05, 3.63) is 76.8 Å². The number of halogens is 4. The maximum atomic E-state index is 14.0. The average molecular weight is 488 g/mol. The highest BCUT2D eigenvalue weighted by Gasteiger charge is 2.36. The lowest BCUT2D eigenvalue weighted by molar-refractivity contribution is -0.136. The van der Waals surface area contributed by atoms with Crippen molar-refractivity contribution in [2.75, 3.05) is 6.61 Å². The van der Waals surface area contributed by atoms with Crippen LogP contribution in [0.5, 0.6) is 5.88 Å². The van der Waals surface area contributed by atoms with Crippen LogP contribution >= 0.6 is 11.6 Å². The Balaban J connectivity index is 1.63. The number of carbonyl (C=O) groups excluding carboxylic acids is 1. The third-order valence-electron chi connectivity index (χ3n) is 5.46. The number of benzene rings is 2. The number of rotatable bonds is 7. The predicted molar refractivity (Wildman–Crippen MR) is 124 cm³/mol. The van der Waals surface area contributed by atoms with Crippen LogP contribution in [0.2, 0.25) is 5.02 Å². The van der Waals surface area contributed by atoms with E-state index < -0.39 is 11.7 Å². The number of ether oxygens (including phenoxy) is 1. The predicted octanol–water partition coefficient (Wildman–Crippen LogP) is 6.45. The molecule has 2 aromatic heterocycles. The Kier molecular flexibility index (Phi) is 6.61. The van der Waals surface area contributed by atoms with Gasteiger partial charge in [0.05, 0.1) is 10.9 Å². The Hall–Kier alpha value is -3.39. The molecule has 0 saturated heterocycles. The molecule has 4 aromatic rings. The van der Waals surface area contributed by atoms with Crippen molar-refractivity contribution in [3.63, 3.8) is 0 Å². The number of ketones is 1. The van der Waals surface area contributed by atoms with E-state index in [1.165, 1.54) is 11.7 Å². The summed E-state index contributed by atoms with van der Waals surface area (Å²) in [5, 5.41) is 4.47. The van der Waals surface area contributed by atoms with E-state index >= 15 is 0 Å². The van der Waals surface area contributed by atoms with Gasteiger partial charge >= 0.3 is 6.18 Å². The molecule has 0 fully saturated rings. The molecule has 0 amide bonds. The number of alkyl halides is 3. The van der Waals surface area contributed by atoms with Crippen LogP contribution in [-0.2, 0) is 18.0 Å². The molecule has 4 rings (SSSR count). The number of fused-ring (bicyclic) bond motifs is 1. The number of hydrogen-bond donors (Lipinski definition) is 0. The molecule has 0 saturated carbocycles. The van der Waals surface area contributed by atoms with Crippen molar-refractivity contribution in [1.29, 1.82) is 0 Å². The summed E-state index contributed by atoms with van der Waals surface area (Å²) in [6, 6.07) is 16.7. The highest BCUT2D eigenvalue weighted by atomic mass is 35.5. The summed E-state index contributed by atoms with van der Waals surface area (Å²) < 4.78 is 48.8. The molecule has 0 spiro atoms. The van der Waals surface area contributed by atoms with Crippen LogP contribution in [0.1, 0.15) is 30.4 Å². The van der Waals surface area contributed by atoms with Gasteiger partial charge in [0.25, 0.3) is 0 Å². The summed E-state index contributed by atoms with van der Waals surface area (Å²) in [5.41, 5.74) is 0.590. The van der Waals surface area contributed by atoms with Crippen LogP contribution in [0.3, 0.4) is 0 Å². The van der Waals surface area contributed by atoms with Crippen LogP contribution in [0.25, 0.3) is 22.3 Å². The van der Waals surface area contributed by atoms with Gasteiger partial charge in [0.15, 0.2) is 11.4 Å². The minimum absolute atomic E-state index is 0.00935. The summed E-state index contributed by atoms with van der Waals surface area (Å²) in [6.45, 7) is 1.53. The fourth-order valence-corrected chi connectivity index (χ4v) is 4.00. The number of aromatic nitrogens is 3. The first kappa shape index (κ1) is 23.8. The fourth-order valence-electron chi connectivity index (χ4n) is 3.81. The van der Waals surface area contributed by atoms with Gasteiger partial charge in [-0.25, -0.2) is 4.68 Å². The molecule has 176 valence electrons. The Morgan fingerprint density at radius 3 is 2.53 bits per heavy atom. The first-order valence-corrected chi connectivity index (χ1v) is 10.9. The molecule has 34 heavy (non-hydrogen) atoms. The Morgan fingerprint density at radius 2 is 1.85 bits per heavy atom. The lowest BCUT2D eigenvalue weighted by Crippen LogP contribution is -2.15. The van der Waals surface area contributed by atoms with Crippen molar-refractivity contribution >= 4 is 28.4 Å². The first-order chi connectivity index (χ1) is 16.1. The van der Waals surface area contributed by atoms with Gasteiger partial charge < -0.3 is 4.74 Å². The number of hydrogen-bond acceptors (Lipinski definition) is 4. The van der Waals surface area contributed by atoms with Gasteiger partial charge in [0.2, 0.25) is 5.88 Å². The highest BCUT2D eigenvalue weighted by molar-refractivity contribution is 6.30. The highest BCUT2D eigenvalue weighted by Crippen LogP contribution is 2.40. The minimum atomic E-state index is -4.69. The zero-order chi connectivity index (χ0) is 24.5. The van der Waals surface area contributed by atoms with E-state index in [0.29, 0.717) is 10.6 Å². The van der Waals surface area contributed by atoms with E-state index in [2.05, 4.69) is 10.1 Å². The molecular weight excluding hydrogens is 467 g/mol. The van der Waals surface area contributed by atoms with Crippen molar-refractivity contribution < 1.29 is 22.7 Å². The molecule has 0 N–H and O–H groups in total. The number of Topliss-reactive ketones (excluding diaryl/α,β-unsaturated/α-hetero) is 1. The van der Waals surface area contributed by atoms with Gasteiger partial charge in [0, 0.05) is 30.1 Å². The second-order valence-corrected chi connectivity index (χ2v) is 8.47. The molecular formula is C25H21ClF3N3O2. The number of aryl methyl sites for hydroxylation is 1. The van der Waals surface area contributed by atoms with Gasteiger partial charge in [0.1, 0.15) is 12.3 Å². The minimum Gasteiger partial charge on any atom is -0.470 e. The second kappa shape index (κ2) is 9.46. The van der Waals surface area contributed by atoms with Crippen LogP contribution in [0, 0.1) is 0 Å². The third-order valence-corrected chi connectivity index (χ3v) is 5.69. The quantitative estimate of drug-likeness (QED) is 0.300. The molecule has 9 heteroatoms. The Bertz CT molecular complexity index is 1340. The van der Waals surface area contributed by atoms with Crippen LogP contribution in [0.15, 0.2) is 60.7 Å². The molecule has 0 aliphatic heterocycles. The topological polar surface area (TPSA) is 57.0 Å². The maximum absolute atomic E-state index is 14.0. The number of nitrogens with zero attached hydrogens (tertiary/aromatic N) is 3. The molecule has 0 aliphatic carbocycles. The lowest BCUT2D eigenvalue weighted by atomic mass is 9.96. The van der Waals surface area contributed by atoms with Crippen LogP contribution in [0.4, 0.5) is 13.2 Å². The Morgan fingerprint density at radius 1 is 1.12 bits per heavy atom. The summed E-state index contributed by atoms with van der Waals surface area (Å²) in [6.07, 6.45) is -4.50. The van der Waals surface area contributed by atoms with Crippen molar-refractivity contribution in [1.82, 2.24) is 14.8 Å². The fraction of sp³-hybridized carbons (Fsp3) is 0.240. The van der Waals surface area contributed by atoms with Gasteiger partial charge in [-0.1, -0.05) is 61.0 Å². The standard InChI is InChI=1S/C25H21ClF3N3O2/c1-15(16-7-4-3-5-8-16)11-19(33)14-34-21-13-20(25(27,28)29)22-23(31-32(2)24(22)30-21)17-9-6-10-18(26)12-17/h3-10,12-13,15H,11,14H2,1-2H3/t15-/m1/s1. The van der Waals surface area contributed by atoms with Crippen LogP contribution in [-0.4, -0.2) is 27.2 Å². The number of carbonyl (C=O) groups is 1. The van der Waals surface area contributed by atoms with Crippen molar-refractivity contribution in [2.24, 2.45) is 7.05 Å². The smallest absolute Gasteiger partial charge is 0.417 e. The van der Waals surface area contributed by atoms with Gasteiger partial charge in [-0.05, 0) is 23.6 Å². The molecule has 1 atom stereocenters. The SMILES string of the molecule is C[C@H](CC(=O)COc1cc(C(F)(F)F)c2c(-c3cccc(Cl)c3)nn(C)c2n1)c1ccccc1. The van der Waals surface area contributed by atoms with E-state index in [1.54, 1.807) is 24.3 Å². The summed E-state index contributed by atoms with van der Waals surface area (Å²) >= 11 is 6.03. The van der Waals surface area contributed by atoms with Gasteiger partial charge in [-0.3, -0.25) is 4.79 Å². The molecule has 0 radical (unpaired) electrons. The normalized spacial score (nSPS) is 12.6. The first-order valence-electron chi connectivity index (χ1n) is 10.5. The third kappa shape index (κ3) is 5.07. The molecule has 0 aliphatic rings. The van der Waals surface area contributed by atoms with Crippen LogP contribution < -0.4 is 4.74 Å². The zero-order valence-corrected chi connectivity index (χ0v) is 19.2. The van der Waals surface area contributed by atoms with E-state index in [1.807, 2.05) is 37.3 Å². The second-order valence-electron chi connectivity index (χ2n) is 8.03. The summed E-state index contributed by atoms with van der Waals surface area (Å²) in [5.74, 6) is -0.576. The molecule has 5 nitrogen and oxygen atoms in total. The number of pyridine rings is 1. The van der Waals surface area contributed by atoms with Gasteiger partial charge in [-0.2, -0.15) is 23.3 Å². The van der Waals surface area contributed by atoms with E-state index in [0.717, 1.165) is 11.6 Å². The zero-order valence-electron chi connectivity index (χ0n) is 18.4. The summed E-state index contributed by atoms with van der Waals surface area (Å²) in [4.78, 5) is 16.6. The maximum Gasteiger partial charge on any atom is 0.417 e. The van der Waals surface area contributed by atoms with E-state index in [4.69, 9.17) is 16.3 Å². The van der Waals surface area contributed by atoms with E-state index in [-0.39, 0.29) is 47.3 Å². The summed E-state index contributed by atoms with van der Waals surface area (Å²) in [7, 11) is 1.50. The van der Waals surface area contributed by atoms with Crippen molar-refractivity contribution in [3.8, 4) is 17.1 Å². The average Bonchev–Trinajstić information content (AvgIpc) is 3.13. The largest absolute Gasteiger partial charge is 0.470 e. The molecule has 0 bridgehead atoms. The van der Waals surface area contributed by atoms with Crippen molar-refractivity contribution in [2.45, 2.75) is 25.4 Å². The molecule has 0 unspecified atom stereocenters. The lowest BCUT2D eigenvalue weighted by Gasteiger charge is -2.13. The Labute approximate surface area is 199 Å².